The van der Waals surface area contributed by atoms with Crippen LogP contribution in [0.25, 0.3) is 6.08 Å². The van der Waals surface area contributed by atoms with E-state index in [9.17, 15) is 9.59 Å². The Balaban J connectivity index is 0.000000541. The molecule has 1 aromatic carbocycles. The molecule has 3 nitrogen and oxygen atoms in total. The summed E-state index contributed by atoms with van der Waals surface area (Å²) < 4.78 is 5.58. The molecule has 0 fully saturated rings. The van der Waals surface area contributed by atoms with Crippen molar-refractivity contribution in [1.82, 2.24) is 0 Å². The summed E-state index contributed by atoms with van der Waals surface area (Å²) in [6.07, 6.45) is 12.7. The van der Waals surface area contributed by atoms with Crippen LogP contribution in [0.5, 0.6) is 0 Å². The Morgan fingerprint density at radius 2 is 1.61 bits per heavy atom. The van der Waals surface area contributed by atoms with Gasteiger partial charge in [0.25, 0.3) is 0 Å². The molecule has 0 N–H and O–H groups in total. The number of fused-ring (bicyclic) bond motifs is 1. The van der Waals surface area contributed by atoms with Crippen molar-refractivity contribution in [1.29, 1.82) is 0 Å². The second-order valence-corrected chi connectivity index (χ2v) is 11.5. The summed E-state index contributed by atoms with van der Waals surface area (Å²) in [4.78, 5) is 25.8. The van der Waals surface area contributed by atoms with E-state index in [-0.39, 0.29) is 24.9 Å². The van der Waals surface area contributed by atoms with E-state index < -0.39 is 5.92 Å². The van der Waals surface area contributed by atoms with Crippen molar-refractivity contribution in [3.63, 3.8) is 0 Å². The van der Waals surface area contributed by atoms with E-state index in [0.29, 0.717) is 18.3 Å². The summed E-state index contributed by atoms with van der Waals surface area (Å²) in [6.45, 7) is 16.3. The summed E-state index contributed by atoms with van der Waals surface area (Å²) in [5, 5.41) is 0. The molecular formula is C35H52O3. The molecule has 3 heteroatoms. The van der Waals surface area contributed by atoms with E-state index in [4.69, 9.17) is 4.74 Å². The highest BCUT2D eigenvalue weighted by atomic mass is 16.5. The lowest BCUT2D eigenvalue weighted by atomic mass is 9.78. The maximum atomic E-state index is 13.3. The first-order valence-electron chi connectivity index (χ1n) is 13.9. The Bertz CT molecular complexity index is 1070. The van der Waals surface area contributed by atoms with Gasteiger partial charge in [-0.25, -0.2) is 0 Å². The van der Waals surface area contributed by atoms with Crippen LogP contribution in [0.3, 0.4) is 0 Å². The molecule has 0 saturated carbocycles. The minimum absolute atomic E-state index is 0. The van der Waals surface area contributed by atoms with Crippen LogP contribution in [0.2, 0.25) is 0 Å². The van der Waals surface area contributed by atoms with E-state index in [2.05, 4.69) is 77.1 Å². The first kappa shape index (κ1) is 33.3. The van der Waals surface area contributed by atoms with Gasteiger partial charge in [-0.15, -0.1) is 0 Å². The van der Waals surface area contributed by atoms with Crippen molar-refractivity contribution in [2.24, 2.45) is 23.7 Å². The summed E-state index contributed by atoms with van der Waals surface area (Å²) >= 11 is 0. The average Bonchev–Trinajstić information content (AvgIpc) is 3.22. The van der Waals surface area contributed by atoms with Crippen molar-refractivity contribution >= 4 is 17.6 Å². The van der Waals surface area contributed by atoms with Gasteiger partial charge >= 0.3 is 0 Å². The Morgan fingerprint density at radius 3 is 2.16 bits per heavy atom. The van der Waals surface area contributed by atoms with E-state index in [1.807, 2.05) is 13.8 Å². The molecule has 0 spiro atoms. The predicted octanol–water partition coefficient (Wildman–Crippen LogP) is 9.26. The van der Waals surface area contributed by atoms with Gasteiger partial charge in [-0.05, 0) is 99.5 Å². The van der Waals surface area contributed by atoms with Gasteiger partial charge in [0, 0.05) is 5.92 Å². The van der Waals surface area contributed by atoms with Gasteiger partial charge in [-0.2, -0.15) is 0 Å². The number of ketones is 2. The first-order valence-corrected chi connectivity index (χ1v) is 13.9. The Hall–Kier alpha value is -2.68. The average molecular weight is 521 g/mol. The van der Waals surface area contributed by atoms with E-state index >= 15 is 0 Å². The Labute approximate surface area is 233 Å². The SMILES string of the molecule is C.COC1=C(C)C(CC(C(C)=O)C(=O)C(CC(C)C)CC(C)C)=CCC=C1C.Cc1ccc2c(c1)C=CC2. The number of benzene rings is 1. The third-order valence-corrected chi connectivity index (χ3v) is 7.28. The number of hydrogen-bond donors (Lipinski definition) is 0. The van der Waals surface area contributed by atoms with Crippen molar-refractivity contribution < 1.29 is 14.3 Å². The lowest BCUT2D eigenvalue weighted by Crippen LogP contribution is -2.31. The predicted molar refractivity (Wildman–Crippen MR) is 163 cm³/mol. The largest absolute Gasteiger partial charge is 0.496 e. The monoisotopic (exact) mass is 520 g/mol. The van der Waals surface area contributed by atoms with Crippen LogP contribution in [0.4, 0.5) is 0 Å². The number of aryl methyl sites for hydroxylation is 1. The molecule has 2 aliphatic carbocycles. The number of allylic oxidation sites excluding steroid dienone is 6. The first-order chi connectivity index (χ1) is 17.4. The fourth-order valence-electron chi connectivity index (χ4n) is 5.40. The fourth-order valence-corrected chi connectivity index (χ4v) is 5.40. The molecule has 1 atom stereocenters. The minimum Gasteiger partial charge on any atom is -0.496 e. The molecule has 210 valence electrons. The molecular weight excluding hydrogens is 468 g/mol. The van der Waals surface area contributed by atoms with Gasteiger partial charge < -0.3 is 4.74 Å². The highest BCUT2D eigenvalue weighted by Crippen LogP contribution is 2.32. The zero-order chi connectivity index (χ0) is 27.7. The third-order valence-electron chi connectivity index (χ3n) is 7.28. The Kier molecular flexibility index (Phi) is 13.7. The zero-order valence-electron chi connectivity index (χ0n) is 24.6. The number of methoxy groups -OCH3 is 1. The molecule has 0 saturated heterocycles. The molecule has 0 bridgehead atoms. The third kappa shape index (κ3) is 9.57. The normalized spacial score (nSPS) is 15.3. The molecule has 0 heterocycles. The van der Waals surface area contributed by atoms with Crippen molar-refractivity contribution in [3.05, 3.63) is 75.6 Å². The van der Waals surface area contributed by atoms with Crippen molar-refractivity contribution in [2.45, 2.75) is 94.9 Å². The van der Waals surface area contributed by atoms with Crippen LogP contribution < -0.4 is 0 Å². The molecule has 2 aliphatic rings. The topological polar surface area (TPSA) is 43.4 Å². The second kappa shape index (κ2) is 15.7. The number of carbonyl (C=O) groups excluding carboxylic acids is 2. The molecule has 3 rings (SSSR count). The molecule has 38 heavy (non-hydrogen) atoms. The van der Waals surface area contributed by atoms with Gasteiger partial charge in [0.15, 0.2) is 0 Å². The summed E-state index contributed by atoms with van der Waals surface area (Å²) in [5.74, 6) is 1.22. The van der Waals surface area contributed by atoms with Gasteiger partial charge in [0.1, 0.15) is 17.3 Å². The van der Waals surface area contributed by atoms with Gasteiger partial charge in [-0.1, -0.05) is 83.2 Å². The summed E-state index contributed by atoms with van der Waals surface area (Å²) in [5.41, 5.74) is 7.41. The van der Waals surface area contributed by atoms with Crippen LogP contribution in [-0.4, -0.2) is 18.7 Å². The number of ether oxygens (including phenoxy) is 1. The van der Waals surface area contributed by atoms with E-state index in [1.54, 1.807) is 14.0 Å². The molecule has 0 radical (unpaired) electrons. The van der Waals surface area contributed by atoms with Gasteiger partial charge in [-0.3, -0.25) is 9.59 Å². The van der Waals surface area contributed by atoms with Gasteiger partial charge in [0.05, 0.1) is 13.0 Å². The van der Waals surface area contributed by atoms with E-state index in [0.717, 1.165) is 48.2 Å². The lowest BCUT2D eigenvalue weighted by molar-refractivity contribution is -0.134. The van der Waals surface area contributed by atoms with Crippen molar-refractivity contribution in [3.8, 4) is 0 Å². The zero-order valence-corrected chi connectivity index (χ0v) is 24.6. The van der Waals surface area contributed by atoms with Crippen LogP contribution in [0.1, 0.15) is 98.3 Å². The molecule has 0 aliphatic heterocycles. The highest BCUT2D eigenvalue weighted by molar-refractivity contribution is 6.02. The summed E-state index contributed by atoms with van der Waals surface area (Å²) in [6, 6.07) is 6.62. The molecule has 0 aromatic heterocycles. The smallest absolute Gasteiger partial charge is 0.146 e. The Morgan fingerprint density at radius 1 is 0.974 bits per heavy atom. The van der Waals surface area contributed by atoms with Crippen LogP contribution in [0.15, 0.2) is 58.9 Å². The molecule has 0 amide bonds. The number of rotatable bonds is 10. The summed E-state index contributed by atoms with van der Waals surface area (Å²) in [7, 11) is 1.67. The number of Topliss-reactive ketones (excluding diaryl/α,β-unsaturated/α-hetero) is 2. The minimum atomic E-state index is -0.565. The van der Waals surface area contributed by atoms with Gasteiger partial charge in [0.2, 0.25) is 0 Å². The quantitative estimate of drug-likeness (QED) is 0.289. The number of hydrogen-bond acceptors (Lipinski definition) is 3. The van der Waals surface area contributed by atoms with Crippen LogP contribution >= 0.6 is 0 Å². The number of carbonyl (C=O) groups is 2. The fraction of sp³-hybridized carbons (Fsp3) is 0.543. The standard InChI is InChI=1S/C24H38O3.C10H10.CH4/c1-15(2)12-21(13-16(3)4)23(26)22(19(7)25)14-20-11-9-10-17(5)24(27-8)18(20)6;1-8-5-6-9-3-2-4-10(9)7-8;/h10-11,15-16,21-22H,9,12-14H2,1-8H3;2,4-7H,3H2,1H3;1H4. The van der Waals surface area contributed by atoms with E-state index in [1.165, 1.54) is 16.7 Å². The maximum absolute atomic E-state index is 13.3. The second-order valence-electron chi connectivity index (χ2n) is 11.5. The van der Waals surface area contributed by atoms with Crippen molar-refractivity contribution in [2.75, 3.05) is 7.11 Å². The van der Waals surface area contributed by atoms with Crippen LogP contribution in [0, 0.1) is 30.6 Å². The lowest BCUT2D eigenvalue weighted by Gasteiger charge is -2.25. The highest BCUT2D eigenvalue weighted by Gasteiger charge is 2.32. The van der Waals surface area contributed by atoms with Crippen LogP contribution in [-0.2, 0) is 20.7 Å². The molecule has 1 unspecified atom stereocenters. The molecule has 1 aromatic rings. The maximum Gasteiger partial charge on any atom is 0.146 e.